The van der Waals surface area contributed by atoms with Crippen LogP contribution in [0, 0.1) is 23.1 Å². The van der Waals surface area contributed by atoms with Gasteiger partial charge in [-0.25, -0.2) is 4.39 Å². The molecule has 0 heterocycles. The van der Waals surface area contributed by atoms with E-state index in [1.165, 1.54) is 12.1 Å². The van der Waals surface area contributed by atoms with Crippen LogP contribution in [-0.4, -0.2) is 11.9 Å². The van der Waals surface area contributed by atoms with Crippen molar-refractivity contribution in [3.63, 3.8) is 0 Å². The molecule has 5 heteroatoms. The van der Waals surface area contributed by atoms with Crippen molar-refractivity contribution in [3.05, 3.63) is 34.1 Å². The van der Waals surface area contributed by atoms with Gasteiger partial charge < -0.3 is 5.32 Å². The van der Waals surface area contributed by atoms with E-state index in [0.29, 0.717) is 0 Å². The van der Waals surface area contributed by atoms with Crippen LogP contribution >= 0.6 is 15.9 Å². The highest BCUT2D eigenvalue weighted by Crippen LogP contribution is 2.26. The Bertz CT molecular complexity index is 512. The number of rotatable bonds is 2. The van der Waals surface area contributed by atoms with Crippen LogP contribution < -0.4 is 5.32 Å². The maximum atomic E-state index is 13.3. The summed E-state index contributed by atoms with van der Waals surface area (Å²) in [7, 11) is 0. The maximum Gasteiger partial charge on any atom is 0.252 e. The number of nitrogens with zero attached hydrogens (tertiary/aromatic N) is 1. The number of amides is 1. The lowest BCUT2D eigenvalue weighted by molar-refractivity contribution is 0.0931. The minimum Gasteiger partial charge on any atom is -0.348 e. The highest BCUT2D eigenvalue weighted by Gasteiger charge is 2.29. The molecule has 1 N–H and O–H groups in total. The van der Waals surface area contributed by atoms with Crippen molar-refractivity contribution in [2.45, 2.75) is 25.3 Å². The molecule has 2 rings (SSSR count). The summed E-state index contributed by atoms with van der Waals surface area (Å²) in [6.07, 6.45) is 2.55. The summed E-state index contributed by atoms with van der Waals surface area (Å²) >= 11 is 3.06. The molecule has 0 bridgehead atoms. The maximum absolute atomic E-state index is 13.3. The van der Waals surface area contributed by atoms with Crippen molar-refractivity contribution >= 4 is 21.8 Å². The molecule has 0 spiro atoms. The first kappa shape index (κ1) is 13.0. The number of carbonyl (C=O) groups is 1. The van der Waals surface area contributed by atoms with Crippen LogP contribution in [-0.2, 0) is 0 Å². The molecular weight excluding hydrogens is 299 g/mol. The van der Waals surface area contributed by atoms with Crippen LogP contribution in [0.1, 0.15) is 29.6 Å². The monoisotopic (exact) mass is 310 g/mol. The van der Waals surface area contributed by atoms with Crippen molar-refractivity contribution < 1.29 is 9.18 Å². The molecular formula is C13H12BrFN2O. The molecule has 0 aliphatic heterocycles. The molecule has 2 atom stereocenters. The summed E-state index contributed by atoms with van der Waals surface area (Å²) in [4.78, 5) is 12.0. The van der Waals surface area contributed by atoms with Gasteiger partial charge in [0.2, 0.25) is 0 Å². The van der Waals surface area contributed by atoms with Gasteiger partial charge in [-0.05, 0) is 47.3 Å². The molecule has 1 fully saturated rings. The van der Waals surface area contributed by atoms with Crippen LogP contribution in [0.3, 0.4) is 0 Å². The Balaban J connectivity index is 2.13. The van der Waals surface area contributed by atoms with Crippen LogP contribution in [0.2, 0.25) is 0 Å². The van der Waals surface area contributed by atoms with Gasteiger partial charge in [-0.2, -0.15) is 5.26 Å². The van der Waals surface area contributed by atoms with E-state index in [4.69, 9.17) is 5.26 Å². The Labute approximate surface area is 113 Å². The van der Waals surface area contributed by atoms with Gasteiger partial charge in [-0.15, -0.1) is 0 Å². The largest absolute Gasteiger partial charge is 0.348 e. The Hall–Kier alpha value is -1.41. The fraction of sp³-hybridized carbons (Fsp3) is 0.385. The van der Waals surface area contributed by atoms with Crippen molar-refractivity contribution in [1.29, 1.82) is 5.26 Å². The van der Waals surface area contributed by atoms with Gasteiger partial charge in [0.05, 0.1) is 22.0 Å². The molecule has 0 radical (unpaired) electrons. The second kappa shape index (κ2) is 5.49. The van der Waals surface area contributed by atoms with Gasteiger partial charge in [0.25, 0.3) is 5.91 Å². The lowest BCUT2D eigenvalue weighted by Crippen LogP contribution is -2.37. The zero-order valence-electron chi connectivity index (χ0n) is 9.62. The first-order valence-electron chi connectivity index (χ1n) is 5.78. The summed E-state index contributed by atoms with van der Waals surface area (Å²) in [5.74, 6) is -0.944. The number of hydrogen-bond acceptors (Lipinski definition) is 2. The topological polar surface area (TPSA) is 52.9 Å². The number of hydrogen-bond donors (Lipinski definition) is 1. The van der Waals surface area contributed by atoms with E-state index < -0.39 is 5.82 Å². The number of nitriles is 1. The van der Waals surface area contributed by atoms with Crippen LogP contribution in [0.25, 0.3) is 0 Å². The average Bonchev–Trinajstić information content (AvgIpc) is 2.79. The summed E-state index contributed by atoms with van der Waals surface area (Å²) < 4.78 is 13.5. The van der Waals surface area contributed by atoms with Gasteiger partial charge in [0.1, 0.15) is 5.82 Å². The second-order valence-electron chi connectivity index (χ2n) is 4.35. The zero-order chi connectivity index (χ0) is 13.1. The molecule has 18 heavy (non-hydrogen) atoms. The number of halogens is 2. The summed E-state index contributed by atoms with van der Waals surface area (Å²) in [5.41, 5.74) is 0.263. The fourth-order valence-corrected chi connectivity index (χ4v) is 2.66. The summed E-state index contributed by atoms with van der Waals surface area (Å²) in [6.45, 7) is 0. The predicted molar refractivity (Wildman–Crippen MR) is 68.3 cm³/mol. The normalized spacial score (nSPS) is 22.5. The molecule has 1 saturated carbocycles. The second-order valence-corrected chi connectivity index (χ2v) is 5.14. The fourth-order valence-electron chi connectivity index (χ4n) is 2.21. The Morgan fingerprint density at radius 3 is 3.00 bits per heavy atom. The Kier molecular flexibility index (Phi) is 3.97. The lowest BCUT2D eigenvalue weighted by Gasteiger charge is -2.16. The number of carbonyl (C=O) groups excluding carboxylic acids is 1. The minimum absolute atomic E-state index is 0.127. The Morgan fingerprint density at radius 1 is 1.50 bits per heavy atom. The molecule has 0 aromatic heterocycles. The third-order valence-corrected chi connectivity index (χ3v) is 4.00. The van der Waals surface area contributed by atoms with Crippen LogP contribution in [0.4, 0.5) is 4.39 Å². The highest BCUT2D eigenvalue weighted by molar-refractivity contribution is 9.10. The van der Waals surface area contributed by atoms with Gasteiger partial charge in [-0.1, -0.05) is 6.07 Å². The molecule has 94 valence electrons. The van der Waals surface area contributed by atoms with E-state index in [0.717, 1.165) is 19.3 Å². The quantitative estimate of drug-likeness (QED) is 0.913. The van der Waals surface area contributed by atoms with E-state index in [-0.39, 0.29) is 27.9 Å². The van der Waals surface area contributed by atoms with Gasteiger partial charge >= 0.3 is 0 Å². The van der Waals surface area contributed by atoms with Crippen molar-refractivity contribution in [3.8, 4) is 6.07 Å². The van der Waals surface area contributed by atoms with Crippen molar-refractivity contribution in [1.82, 2.24) is 5.32 Å². The Morgan fingerprint density at radius 2 is 2.28 bits per heavy atom. The first-order chi connectivity index (χ1) is 8.63. The highest BCUT2D eigenvalue weighted by atomic mass is 79.9. The SMILES string of the molecule is N#CC1CCCC1NC(=O)c1cccc(F)c1Br. The van der Waals surface area contributed by atoms with E-state index in [2.05, 4.69) is 27.3 Å². The van der Waals surface area contributed by atoms with Crippen LogP contribution in [0.5, 0.6) is 0 Å². The predicted octanol–water partition coefficient (Wildman–Crippen LogP) is 3.01. The molecule has 1 aliphatic rings. The van der Waals surface area contributed by atoms with E-state index in [9.17, 15) is 9.18 Å². The standard InChI is InChI=1S/C13H12BrFN2O/c14-12-9(4-2-5-10(12)15)13(18)17-11-6-1-3-8(11)7-16/h2,4-5,8,11H,1,3,6H2,(H,17,18). The van der Waals surface area contributed by atoms with Gasteiger partial charge in [-0.3, -0.25) is 4.79 Å². The molecule has 2 unspecified atom stereocenters. The molecule has 3 nitrogen and oxygen atoms in total. The third kappa shape index (κ3) is 2.54. The van der Waals surface area contributed by atoms with Crippen molar-refractivity contribution in [2.75, 3.05) is 0 Å². The van der Waals surface area contributed by atoms with E-state index in [1.54, 1.807) is 6.07 Å². The average molecular weight is 311 g/mol. The minimum atomic E-state index is -0.467. The molecule has 1 amide bonds. The smallest absolute Gasteiger partial charge is 0.252 e. The third-order valence-electron chi connectivity index (χ3n) is 3.19. The van der Waals surface area contributed by atoms with Gasteiger partial charge in [0, 0.05) is 6.04 Å². The summed E-state index contributed by atoms with van der Waals surface area (Å²) in [6, 6.07) is 6.40. The summed E-state index contributed by atoms with van der Waals surface area (Å²) in [5, 5.41) is 11.8. The van der Waals surface area contributed by atoms with Crippen molar-refractivity contribution in [2.24, 2.45) is 5.92 Å². The molecule has 1 aromatic rings. The lowest BCUT2D eigenvalue weighted by atomic mass is 10.1. The van der Waals surface area contributed by atoms with Gasteiger partial charge in [0.15, 0.2) is 0 Å². The molecule has 0 saturated heterocycles. The number of nitrogens with one attached hydrogen (secondary N) is 1. The van der Waals surface area contributed by atoms with E-state index in [1.807, 2.05) is 0 Å². The first-order valence-corrected chi connectivity index (χ1v) is 6.57. The molecule has 1 aliphatic carbocycles. The van der Waals surface area contributed by atoms with Crippen LogP contribution in [0.15, 0.2) is 22.7 Å². The molecule has 1 aromatic carbocycles. The number of benzene rings is 1. The van der Waals surface area contributed by atoms with E-state index >= 15 is 0 Å². The zero-order valence-corrected chi connectivity index (χ0v) is 11.2.